The van der Waals surface area contributed by atoms with Gasteiger partial charge in [-0.1, -0.05) is 51.1 Å². The standard InChI is InChI=1S/C28H33F3N2O2S/c1-17(2)25-26(36-27(32-25)22-8-11-23(12-9-22)28(29,30)31)19(4)15-33(5)16-20-6-7-21(18(3)14-20)10-13-24(34)35/h6-9,11-12,14,17,19H,10,13,15-16H2,1-5H3,(H,34,35). The molecule has 0 saturated carbocycles. The maximum absolute atomic E-state index is 12.9. The van der Waals surface area contributed by atoms with Crippen molar-refractivity contribution in [3.8, 4) is 10.6 Å². The number of benzene rings is 2. The van der Waals surface area contributed by atoms with Crippen LogP contribution >= 0.6 is 11.3 Å². The van der Waals surface area contributed by atoms with Crippen molar-refractivity contribution < 1.29 is 23.1 Å². The Balaban J connectivity index is 1.72. The van der Waals surface area contributed by atoms with Crippen LogP contribution in [0.3, 0.4) is 0 Å². The van der Waals surface area contributed by atoms with E-state index in [9.17, 15) is 18.0 Å². The summed E-state index contributed by atoms with van der Waals surface area (Å²) in [6, 6.07) is 11.4. The molecule has 8 heteroatoms. The Morgan fingerprint density at radius 1 is 1.11 bits per heavy atom. The summed E-state index contributed by atoms with van der Waals surface area (Å²) >= 11 is 1.56. The molecule has 1 unspecified atom stereocenters. The topological polar surface area (TPSA) is 53.4 Å². The Hall–Kier alpha value is -2.71. The van der Waals surface area contributed by atoms with Gasteiger partial charge in [-0.3, -0.25) is 4.79 Å². The zero-order valence-corrected chi connectivity index (χ0v) is 22.1. The van der Waals surface area contributed by atoms with Gasteiger partial charge in [-0.15, -0.1) is 11.3 Å². The monoisotopic (exact) mass is 518 g/mol. The molecule has 1 heterocycles. The summed E-state index contributed by atoms with van der Waals surface area (Å²) in [6.45, 7) is 9.89. The van der Waals surface area contributed by atoms with Crippen LogP contribution in [0, 0.1) is 6.92 Å². The number of rotatable bonds is 10. The molecule has 194 valence electrons. The van der Waals surface area contributed by atoms with E-state index in [2.05, 4.69) is 44.9 Å². The van der Waals surface area contributed by atoms with E-state index in [0.29, 0.717) is 12.0 Å². The number of hydrogen-bond acceptors (Lipinski definition) is 4. The molecule has 0 radical (unpaired) electrons. The molecule has 0 fully saturated rings. The van der Waals surface area contributed by atoms with Gasteiger partial charge in [0.1, 0.15) is 5.01 Å². The molecule has 0 saturated heterocycles. The lowest BCUT2D eigenvalue weighted by molar-refractivity contribution is -0.138. The minimum absolute atomic E-state index is 0.124. The van der Waals surface area contributed by atoms with Crippen LogP contribution in [0.1, 0.15) is 71.9 Å². The van der Waals surface area contributed by atoms with Crippen molar-refractivity contribution in [2.45, 2.75) is 65.1 Å². The van der Waals surface area contributed by atoms with E-state index < -0.39 is 17.7 Å². The summed E-state index contributed by atoms with van der Waals surface area (Å²) < 4.78 is 38.8. The van der Waals surface area contributed by atoms with Gasteiger partial charge in [-0.2, -0.15) is 13.2 Å². The second-order valence-electron chi connectivity index (χ2n) is 9.75. The van der Waals surface area contributed by atoms with Gasteiger partial charge in [0, 0.05) is 35.9 Å². The van der Waals surface area contributed by atoms with Crippen molar-refractivity contribution in [2.24, 2.45) is 0 Å². The van der Waals surface area contributed by atoms with E-state index in [1.165, 1.54) is 17.7 Å². The first-order valence-corrected chi connectivity index (χ1v) is 12.8. The number of alkyl halides is 3. The second kappa shape index (κ2) is 11.6. The van der Waals surface area contributed by atoms with Crippen LogP contribution in [-0.4, -0.2) is 34.6 Å². The largest absolute Gasteiger partial charge is 0.481 e. The number of thiazole rings is 1. The van der Waals surface area contributed by atoms with Crippen LogP contribution < -0.4 is 0 Å². The molecule has 0 bridgehead atoms. The normalized spacial score (nSPS) is 12.9. The van der Waals surface area contributed by atoms with Crippen LogP contribution in [-0.2, 0) is 23.9 Å². The van der Waals surface area contributed by atoms with Gasteiger partial charge in [0.25, 0.3) is 0 Å². The number of nitrogens with zero attached hydrogens (tertiary/aromatic N) is 2. The van der Waals surface area contributed by atoms with Crippen LogP contribution in [0.4, 0.5) is 13.2 Å². The van der Waals surface area contributed by atoms with Crippen LogP contribution in [0.2, 0.25) is 0 Å². The molecule has 1 atom stereocenters. The number of carboxylic acid groups (broad SMARTS) is 1. The number of aryl methyl sites for hydroxylation is 2. The molecule has 3 rings (SSSR count). The van der Waals surface area contributed by atoms with E-state index in [-0.39, 0.29) is 18.3 Å². The molecule has 4 nitrogen and oxygen atoms in total. The molecule has 0 amide bonds. The number of aliphatic carboxylic acids is 1. The molecule has 36 heavy (non-hydrogen) atoms. The van der Waals surface area contributed by atoms with Crippen molar-refractivity contribution in [3.63, 3.8) is 0 Å². The molecular formula is C28H33F3N2O2S. The van der Waals surface area contributed by atoms with Gasteiger partial charge in [0.2, 0.25) is 0 Å². The molecule has 0 spiro atoms. The first-order valence-electron chi connectivity index (χ1n) is 12.0. The minimum Gasteiger partial charge on any atom is -0.481 e. The summed E-state index contributed by atoms with van der Waals surface area (Å²) in [4.78, 5) is 19.1. The third-order valence-electron chi connectivity index (χ3n) is 6.19. The fraction of sp³-hybridized carbons (Fsp3) is 0.429. The van der Waals surface area contributed by atoms with Crippen LogP contribution in [0.15, 0.2) is 42.5 Å². The quantitative estimate of drug-likeness (QED) is 0.302. The van der Waals surface area contributed by atoms with Gasteiger partial charge >= 0.3 is 12.1 Å². The van der Waals surface area contributed by atoms with Crippen molar-refractivity contribution >= 4 is 17.3 Å². The maximum atomic E-state index is 12.9. The van der Waals surface area contributed by atoms with Gasteiger partial charge in [-0.25, -0.2) is 4.98 Å². The average Bonchev–Trinajstić information content (AvgIpc) is 3.24. The van der Waals surface area contributed by atoms with E-state index in [4.69, 9.17) is 10.1 Å². The second-order valence-corrected chi connectivity index (χ2v) is 10.8. The number of aromatic nitrogens is 1. The summed E-state index contributed by atoms with van der Waals surface area (Å²) in [5.41, 5.74) is 4.35. The van der Waals surface area contributed by atoms with E-state index in [1.54, 1.807) is 11.3 Å². The van der Waals surface area contributed by atoms with Crippen LogP contribution in [0.5, 0.6) is 0 Å². The molecule has 0 aliphatic rings. The lowest BCUT2D eigenvalue weighted by atomic mass is 10.00. The molecule has 0 aliphatic carbocycles. The third-order valence-corrected chi connectivity index (χ3v) is 7.54. The molecule has 1 aromatic heterocycles. The Morgan fingerprint density at radius 3 is 2.33 bits per heavy atom. The van der Waals surface area contributed by atoms with Crippen LogP contribution in [0.25, 0.3) is 10.6 Å². The molecule has 2 aromatic carbocycles. The average molecular weight is 519 g/mol. The third kappa shape index (κ3) is 7.17. The van der Waals surface area contributed by atoms with E-state index in [0.717, 1.165) is 51.9 Å². The van der Waals surface area contributed by atoms with Crippen molar-refractivity contribution in [3.05, 3.63) is 75.3 Å². The van der Waals surface area contributed by atoms with E-state index >= 15 is 0 Å². The highest BCUT2D eigenvalue weighted by Crippen LogP contribution is 2.38. The number of hydrogen-bond donors (Lipinski definition) is 1. The maximum Gasteiger partial charge on any atom is 0.416 e. The molecular weight excluding hydrogens is 485 g/mol. The number of carbonyl (C=O) groups is 1. The SMILES string of the molecule is Cc1cc(CN(C)CC(C)c2sc(-c3ccc(C(F)(F)F)cc3)nc2C(C)C)ccc1CCC(=O)O. The first-order chi connectivity index (χ1) is 16.8. The number of halogens is 3. The summed E-state index contributed by atoms with van der Waals surface area (Å²) in [5, 5.41) is 9.67. The molecule has 0 aliphatic heterocycles. The minimum atomic E-state index is -4.36. The van der Waals surface area contributed by atoms with Gasteiger partial charge < -0.3 is 10.0 Å². The highest BCUT2D eigenvalue weighted by Gasteiger charge is 2.30. The van der Waals surface area contributed by atoms with Crippen molar-refractivity contribution in [1.82, 2.24) is 9.88 Å². The highest BCUT2D eigenvalue weighted by molar-refractivity contribution is 7.15. The predicted octanol–water partition coefficient (Wildman–Crippen LogP) is 7.51. The Morgan fingerprint density at radius 2 is 1.78 bits per heavy atom. The van der Waals surface area contributed by atoms with Gasteiger partial charge in [-0.05, 0) is 55.1 Å². The van der Waals surface area contributed by atoms with Gasteiger partial charge in [0.15, 0.2) is 0 Å². The summed E-state index contributed by atoms with van der Waals surface area (Å²) in [5.74, 6) is -0.394. The summed E-state index contributed by atoms with van der Waals surface area (Å²) in [6.07, 6.45) is -3.70. The Bertz CT molecular complexity index is 1190. The van der Waals surface area contributed by atoms with Crippen molar-refractivity contribution in [1.29, 1.82) is 0 Å². The molecule has 1 N–H and O–H groups in total. The Kier molecular flexibility index (Phi) is 8.95. The fourth-order valence-electron chi connectivity index (χ4n) is 4.34. The first kappa shape index (κ1) is 27.9. The zero-order valence-electron chi connectivity index (χ0n) is 21.3. The Labute approximate surface area is 214 Å². The molecule has 3 aromatic rings. The smallest absolute Gasteiger partial charge is 0.416 e. The fourth-order valence-corrected chi connectivity index (χ4v) is 5.61. The van der Waals surface area contributed by atoms with E-state index in [1.807, 2.05) is 13.0 Å². The van der Waals surface area contributed by atoms with Crippen molar-refractivity contribution in [2.75, 3.05) is 13.6 Å². The lowest BCUT2D eigenvalue weighted by Gasteiger charge is -2.22. The number of likely N-dealkylation sites (N-methyl/N-ethyl adjacent to an activating group) is 1. The lowest BCUT2D eigenvalue weighted by Crippen LogP contribution is -2.23. The van der Waals surface area contributed by atoms with Gasteiger partial charge in [0.05, 0.1) is 11.3 Å². The highest BCUT2D eigenvalue weighted by atomic mass is 32.1. The predicted molar refractivity (Wildman–Crippen MR) is 139 cm³/mol. The zero-order chi connectivity index (χ0) is 26.6. The summed E-state index contributed by atoms with van der Waals surface area (Å²) in [7, 11) is 2.07. The number of carboxylic acids is 1.